The summed E-state index contributed by atoms with van der Waals surface area (Å²) in [4.78, 5) is 17.4. The van der Waals surface area contributed by atoms with Crippen LogP contribution in [0.5, 0.6) is 0 Å². The summed E-state index contributed by atoms with van der Waals surface area (Å²) < 4.78 is 0. The number of amides is 1. The summed E-state index contributed by atoms with van der Waals surface area (Å²) in [7, 11) is 0. The van der Waals surface area contributed by atoms with Gasteiger partial charge in [0, 0.05) is 31.0 Å². The van der Waals surface area contributed by atoms with Crippen molar-refractivity contribution in [1.29, 1.82) is 0 Å². The van der Waals surface area contributed by atoms with Gasteiger partial charge in [0.25, 0.3) is 5.91 Å². The first-order valence-electron chi connectivity index (χ1n) is 5.82. The molecule has 2 rings (SSSR count). The Morgan fingerprint density at radius 2 is 2.05 bits per heavy atom. The maximum Gasteiger partial charge on any atom is 0.255 e. The van der Waals surface area contributed by atoms with Gasteiger partial charge in [-0.1, -0.05) is 11.8 Å². The lowest BCUT2D eigenvalue weighted by Gasteiger charge is -2.15. The van der Waals surface area contributed by atoms with E-state index in [4.69, 9.17) is 5.11 Å². The van der Waals surface area contributed by atoms with Gasteiger partial charge in [-0.05, 0) is 6.07 Å². The van der Waals surface area contributed by atoms with Gasteiger partial charge in [-0.25, -0.2) is 0 Å². The van der Waals surface area contributed by atoms with Crippen LogP contribution in [0, 0.1) is 11.8 Å². The van der Waals surface area contributed by atoms with Crippen LogP contribution in [-0.4, -0.2) is 63.0 Å². The first-order valence-corrected chi connectivity index (χ1v) is 5.82. The molecule has 1 aliphatic rings. The number of β-amino-alcohol motifs (C(OH)–C–C–N with tert-alkyl or cyclic N) is 2. The normalized spacial score (nSPS) is 21.9. The Balaban J connectivity index is 2.16. The highest BCUT2D eigenvalue weighted by atomic mass is 16.3. The van der Waals surface area contributed by atoms with Crippen LogP contribution in [0.4, 0.5) is 0 Å². The smallest absolute Gasteiger partial charge is 0.255 e. The molecule has 3 N–H and O–H groups in total. The van der Waals surface area contributed by atoms with E-state index in [9.17, 15) is 15.0 Å². The molecule has 0 aliphatic carbocycles. The number of aromatic nitrogens is 1. The van der Waals surface area contributed by atoms with Gasteiger partial charge in [-0.2, -0.15) is 0 Å². The van der Waals surface area contributed by atoms with Gasteiger partial charge in [0.1, 0.15) is 6.61 Å². The molecule has 1 aliphatic heterocycles. The predicted octanol–water partition coefficient (Wildman–Crippen LogP) is -1.40. The Hall–Kier alpha value is -1.94. The Morgan fingerprint density at radius 3 is 2.68 bits per heavy atom. The highest BCUT2D eigenvalue weighted by molar-refractivity contribution is 5.94. The fourth-order valence-corrected chi connectivity index (χ4v) is 1.88. The Bertz CT molecular complexity index is 525. The number of aliphatic hydroxyl groups excluding tert-OH is 3. The Kier molecular flexibility index (Phi) is 4.12. The summed E-state index contributed by atoms with van der Waals surface area (Å²) in [5, 5.41) is 27.5. The molecule has 2 unspecified atom stereocenters. The zero-order valence-corrected chi connectivity index (χ0v) is 10.2. The third-order valence-electron chi connectivity index (χ3n) is 2.84. The van der Waals surface area contributed by atoms with E-state index in [1.807, 2.05) is 0 Å². The van der Waals surface area contributed by atoms with Crippen molar-refractivity contribution in [3.05, 3.63) is 29.6 Å². The number of hydrogen-bond donors (Lipinski definition) is 3. The minimum Gasteiger partial charge on any atom is -0.388 e. The van der Waals surface area contributed by atoms with Crippen LogP contribution in [0.25, 0.3) is 0 Å². The van der Waals surface area contributed by atoms with E-state index >= 15 is 0 Å². The summed E-state index contributed by atoms with van der Waals surface area (Å²) in [5.74, 6) is 4.83. The van der Waals surface area contributed by atoms with Gasteiger partial charge < -0.3 is 20.2 Å². The van der Waals surface area contributed by atoms with Crippen molar-refractivity contribution in [1.82, 2.24) is 9.88 Å². The summed E-state index contributed by atoms with van der Waals surface area (Å²) in [6, 6.07) is 1.56. The first kappa shape index (κ1) is 13.5. The van der Waals surface area contributed by atoms with Gasteiger partial charge in [0.2, 0.25) is 0 Å². The Morgan fingerprint density at radius 1 is 1.37 bits per heavy atom. The standard InChI is InChI=1S/C13H14N2O4/c16-3-1-2-9-4-10(6-14-5-9)13(19)15-7-11(17)12(18)8-15/h4-6,11-12,16-18H,3,7-8H2. The number of pyridine rings is 1. The largest absolute Gasteiger partial charge is 0.388 e. The third kappa shape index (κ3) is 3.09. The molecule has 1 fully saturated rings. The molecule has 1 aromatic heterocycles. The monoisotopic (exact) mass is 262 g/mol. The average Bonchev–Trinajstić information content (AvgIpc) is 2.76. The molecule has 0 bridgehead atoms. The molecule has 2 heterocycles. The van der Waals surface area contributed by atoms with Gasteiger partial charge in [-0.15, -0.1) is 0 Å². The highest BCUT2D eigenvalue weighted by Gasteiger charge is 2.33. The highest BCUT2D eigenvalue weighted by Crippen LogP contribution is 2.14. The molecule has 2 atom stereocenters. The van der Waals surface area contributed by atoms with Crippen LogP contribution in [0.1, 0.15) is 15.9 Å². The second-order valence-electron chi connectivity index (χ2n) is 4.27. The van der Waals surface area contributed by atoms with E-state index in [-0.39, 0.29) is 25.6 Å². The summed E-state index contributed by atoms with van der Waals surface area (Å²) in [6.45, 7) is -0.0538. The van der Waals surface area contributed by atoms with Gasteiger partial charge in [-0.3, -0.25) is 9.78 Å². The average molecular weight is 262 g/mol. The van der Waals surface area contributed by atoms with E-state index in [1.54, 1.807) is 6.07 Å². The van der Waals surface area contributed by atoms with E-state index in [2.05, 4.69) is 16.8 Å². The number of likely N-dealkylation sites (tertiary alicyclic amines) is 1. The van der Waals surface area contributed by atoms with Crippen molar-refractivity contribution < 1.29 is 20.1 Å². The zero-order chi connectivity index (χ0) is 13.8. The van der Waals surface area contributed by atoms with Gasteiger partial charge >= 0.3 is 0 Å². The summed E-state index contributed by atoms with van der Waals surface area (Å²) >= 11 is 0. The molecule has 1 saturated heterocycles. The van der Waals surface area contributed by atoms with Crippen molar-refractivity contribution in [2.24, 2.45) is 0 Å². The van der Waals surface area contributed by atoms with Gasteiger partial charge in [0.05, 0.1) is 17.8 Å². The van der Waals surface area contributed by atoms with Crippen LogP contribution < -0.4 is 0 Å². The number of carbonyl (C=O) groups is 1. The summed E-state index contributed by atoms with van der Waals surface area (Å²) in [6.07, 6.45) is 1.08. The number of nitrogens with zero attached hydrogens (tertiary/aromatic N) is 2. The molecule has 0 saturated carbocycles. The maximum absolute atomic E-state index is 12.1. The molecule has 6 nitrogen and oxygen atoms in total. The van der Waals surface area contributed by atoms with E-state index in [1.165, 1.54) is 17.3 Å². The van der Waals surface area contributed by atoms with Crippen LogP contribution in [-0.2, 0) is 0 Å². The van der Waals surface area contributed by atoms with E-state index < -0.39 is 12.2 Å². The van der Waals surface area contributed by atoms with Crippen molar-refractivity contribution >= 4 is 5.91 Å². The van der Waals surface area contributed by atoms with Crippen molar-refractivity contribution in [3.63, 3.8) is 0 Å². The minimum absolute atomic E-state index is 0.104. The SMILES string of the molecule is O=C(c1cncc(C#CCO)c1)N1CC(O)C(O)C1. The first-order chi connectivity index (χ1) is 9.11. The van der Waals surface area contributed by atoms with Crippen LogP contribution in [0.3, 0.4) is 0 Å². The van der Waals surface area contributed by atoms with Crippen LogP contribution in [0.2, 0.25) is 0 Å². The lowest BCUT2D eigenvalue weighted by Crippen LogP contribution is -2.29. The minimum atomic E-state index is -0.908. The topological polar surface area (TPSA) is 93.9 Å². The van der Waals surface area contributed by atoms with Gasteiger partial charge in [0.15, 0.2) is 0 Å². The van der Waals surface area contributed by atoms with Crippen molar-refractivity contribution in [2.75, 3.05) is 19.7 Å². The van der Waals surface area contributed by atoms with E-state index in [0.29, 0.717) is 11.1 Å². The molecule has 6 heteroatoms. The molecule has 100 valence electrons. The van der Waals surface area contributed by atoms with Crippen LogP contribution in [0.15, 0.2) is 18.5 Å². The molecular formula is C13H14N2O4. The predicted molar refractivity (Wildman–Crippen MR) is 66.1 cm³/mol. The summed E-state index contributed by atoms with van der Waals surface area (Å²) in [5.41, 5.74) is 0.867. The van der Waals surface area contributed by atoms with Crippen molar-refractivity contribution in [3.8, 4) is 11.8 Å². The molecule has 1 aromatic rings. The fraction of sp³-hybridized carbons (Fsp3) is 0.385. The molecule has 19 heavy (non-hydrogen) atoms. The maximum atomic E-state index is 12.1. The molecular weight excluding hydrogens is 248 g/mol. The number of hydrogen-bond acceptors (Lipinski definition) is 5. The third-order valence-corrected chi connectivity index (χ3v) is 2.84. The van der Waals surface area contributed by atoms with E-state index in [0.717, 1.165) is 0 Å². The van der Waals surface area contributed by atoms with Crippen LogP contribution >= 0.6 is 0 Å². The molecule has 0 radical (unpaired) electrons. The second-order valence-corrected chi connectivity index (χ2v) is 4.27. The lowest BCUT2D eigenvalue weighted by atomic mass is 10.2. The molecule has 0 aromatic carbocycles. The molecule has 1 amide bonds. The number of rotatable bonds is 1. The number of aliphatic hydroxyl groups is 3. The molecule has 0 spiro atoms. The lowest BCUT2D eigenvalue weighted by molar-refractivity contribution is 0.0572. The quantitative estimate of drug-likeness (QED) is 0.541. The Labute approximate surface area is 110 Å². The second kappa shape index (κ2) is 5.80. The van der Waals surface area contributed by atoms with Crippen molar-refractivity contribution in [2.45, 2.75) is 12.2 Å². The fourth-order valence-electron chi connectivity index (χ4n) is 1.88. The number of carbonyl (C=O) groups excluding carboxylic acids is 1. The zero-order valence-electron chi connectivity index (χ0n) is 10.2.